The molecule has 2 aromatic carbocycles. The van der Waals surface area contributed by atoms with E-state index in [2.05, 4.69) is 4.74 Å². The van der Waals surface area contributed by atoms with Crippen LogP contribution in [0.5, 0.6) is 17.2 Å². The van der Waals surface area contributed by atoms with E-state index in [1.54, 1.807) is 30.3 Å². The number of carbonyl (C=O) groups is 2. The van der Waals surface area contributed by atoms with Crippen LogP contribution in [0.15, 0.2) is 42.5 Å². The van der Waals surface area contributed by atoms with Crippen LogP contribution in [0.3, 0.4) is 0 Å². The van der Waals surface area contributed by atoms with Crippen molar-refractivity contribution in [2.24, 2.45) is 0 Å². The molecule has 0 unspecified atom stereocenters. The Morgan fingerprint density at radius 3 is 2.12 bits per heavy atom. The molecule has 0 aliphatic carbocycles. The molecule has 25 heavy (non-hydrogen) atoms. The average Bonchev–Trinajstić information content (AvgIpc) is 2.65. The molecular formula is C19H18O6. The van der Waals surface area contributed by atoms with Crippen LogP contribution in [0.1, 0.15) is 26.3 Å². The molecule has 0 fully saturated rings. The lowest BCUT2D eigenvalue weighted by molar-refractivity contribution is 0.0600. The molecule has 0 aromatic heterocycles. The van der Waals surface area contributed by atoms with Crippen LogP contribution in [-0.2, 0) is 4.74 Å². The molecule has 6 heteroatoms. The molecule has 1 N–H and O–H groups in total. The van der Waals surface area contributed by atoms with E-state index in [0.717, 1.165) is 5.56 Å². The zero-order valence-electron chi connectivity index (χ0n) is 14.1. The summed E-state index contributed by atoms with van der Waals surface area (Å²) < 4.78 is 14.8. The lowest BCUT2D eigenvalue weighted by Gasteiger charge is -2.10. The molecule has 0 heterocycles. The number of hydrogen-bond acceptors (Lipinski definition) is 6. The zero-order valence-corrected chi connectivity index (χ0v) is 14.1. The lowest BCUT2D eigenvalue weighted by Crippen LogP contribution is -2.00. The summed E-state index contributed by atoms with van der Waals surface area (Å²) in [6.07, 6.45) is 2.91. The number of allylic oxidation sites excluding steroid dienone is 1. The first-order valence-electron chi connectivity index (χ1n) is 7.36. The molecular weight excluding hydrogens is 324 g/mol. The van der Waals surface area contributed by atoms with Gasteiger partial charge >= 0.3 is 5.97 Å². The highest BCUT2D eigenvalue weighted by molar-refractivity contribution is 6.09. The second kappa shape index (κ2) is 8.01. The van der Waals surface area contributed by atoms with Crippen LogP contribution in [0.25, 0.3) is 6.08 Å². The van der Waals surface area contributed by atoms with Gasteiger partial charge in [0.25, 0.3) is 0 Å². The molecule has 0 atom stereocenters. The number of phenols is 1. The van der Waals surface area contributed by atoms with Gasteiger partial charge in [0, 0.05) is 6.07 Å². The Bertz CT molecular complexity index is 805. The Kier molecular flexibility index (Phi) is 5.79. The van der Waals surface area contributed by atoms with Crippen LogP contribution in [0.2, 0.25) is 0 Å². The van der Waals surface area contributed by atoms with Gasteiger partial charge in [0.05, 0.1) is 32.5 Å². The van der Waals surface area contributed by atoms with Gasteiger partial charge in [-0.2, -0.15) is 0 Å². The standard InChI is InChI=1S/C19H18O6/c1-23-17-10-14(16(21)11-18(17)24-2)15(20)9-6-12-4-7-13(8-5-12)19(22)25-3/h4-11,21H,1-3H3/b9-6+. The maximum absolute atomic E-state index is 12.3. The van der Waals surface area contributed by atoms with E-state index in [1.165, 1.54) is 39.5 Å². The van der Waals surface area contributed by atoms with Crippen molar-refractivity contribution < 1.29 is 28.9 Å². The Morgan fingerprint density at radius 2 is 1.56 bits per heavy atom. The highest BCUT2D eigenvalue weighted by Gasteiger charge is 2.14. The normalized spacial score (nSPS) is 10.5. The van der Waals surface area contributed by atoms with Crippen molar-refractivity contribution in [2.75, 3.05) is 21.3 Å². The number of methoxy groups -OCH3 is 3. The largest absolute Gasteiger partial charge is 0.507 e. The number of ketones is 1. The van der Waals surface area contributed by atoms with Crippen molar-refractivity contribution in [2.45, 2.75) is 0 Å². The lowest BCUT2D eigenvalue weighted by atomic mass is 10.1. The molecule has 2 aromatic rings. The smallest absolute Gasteiger partial charge is 0.337 e. The van der Waals surface area contributed by atoms with Gasteiger partial charge in [-0.15, -0.1) is 0 Å². The summed E-state index contributed by atoms with van der Waals surface area (Å²) in [5.74, 6) is -0.343. The predicted molar refractivity (Wildman–Crippen MR) is 92.4 cm³/mol. The van der Waals surface area contributed by atoms with Gasteiger partial charge in [0.2, 0.25) is 0 Å². The minimum atomic E-state index is -0.429. The van der Waals surface area contributed by atoms with Gasteiger partial charge in [-0.05, 0) is 29.8 Å². The first-order chi connectivity index (χ1) is 12.0. The van der Waals surface area contributed by atoms with Crippen molar-refractivity contribution in [3.8, 4) is 17.2 Å². The molecule has 2 rings (SSSR count). The van der Waals surface area contributed by atoms with E-state index in [-0.39, 0.29) is 11.3 Å². The minimum Gasteiger partial charge on any atom is -0.507 e. The molecule has 0 spiro atoms. The molecule has 0 saturated carbocycles. The summed E-state index contributed by atoms with van der Waals surface area (Å²) in [6.45, 7) is 0. The number of ether oxygens (including phenoxy) is 3. The van der Waals surface area contributed by atoms with Crippen molar-refractivity contribution in [3.05, 3.63) is 59.2 Å². The fraction of sp³-hybridized carbons (Fsp3) is 0.158. The van der Waals surface area contributed by atoms with E-state index < -0.39 is 11.8 Å². The number of benzene rings is 2. The summed E-state index contributed by atoms with van der Waals surface area (Å²) >= 11 is 0. The summed E-state index contributed by atoms with van der Waals surface area (Å²) in [4.78, 5) is 23.7. The Balaban J connectivity index is 2.21. The molecule has 0 saturated heterocycles. The van der Waals surface area contributed by atoms with Crippen LogP contribution in [0.4, 0.5) is 0 Å². The van der Waals surface area contributed by atoms with Crippen molar-refractivity contribution >= 4 is 17.8 Å². The topological polar surface area (TPSA) is 82.1 Å². The van der Waals surface area contributed by atoms with Gasteiger partial charge in [0.1, 0.15) is 5.75 Å². The van der Waals surface area contributed by atoms with Crippen molar-refractivity contribution in [3.63, 3.8) is 0 Å². The highest BCUT2D eigenvalue weighted by Crippen LogP contribution is 2.34. The summed E-state index contributed by atoms with van der Waals surface area (Å²) in [5, 5.41) is 9.99. The van der Waals surface area contributed by atoms with Crippen LogP contribution < -0.4 is 9.47 Å². The van der Waals surface area contributed by atoms with Gasteiger partial charge in [-0.1, -0.05) is 18.2 Å². The molecule has 0 bridgehead atoms. The Hall–Kier alpha value is -3.28. The minimum absolute atomic E-state index is 0.0973. The monoisotopic (exact) mass is 342 g/mol. The van der Waals surface area contributed by atoms with Gasteiger partial charge in [0.15, 0.2) is 17.3 Å². The van der Waals surface area contributed by atoms with Gasteiger partial charge in [-0.3, -0.25) is 4.79 Å². The molecule has 6 nitrogen and oxygen atoms in total. The molecule has 0 radical (unpaired) electrons. The number of rotatable bonds is 6. The summed E-state index contributed by atoms with van der Waals surface area (Å²) in [5.41, 5.74) is 1.24. The Labute approximate surface area is 145 Å². The first-order valence-corrected chi connectivity index (χ1v) is 7.36. The van der Waals surface area contributed by atoms with E-state index >= 15 is 0 Å². The first kappa shape index (κ1) is 18.1. The van der Waals surface area contributed by atoms with Gasteiger partial charge in [-0.25, -0.2) is 4.79 Å². The van der Waals surface area contributed by atoms with Crippen LogP contribution in [-0.4, -0.2) is 38.2 Å². The fourth-order valence-electron chi connectivity index (χ4n) is 2.18. The fourth-order valence-corrected chi connectivity index (χ4v) is 2.18. The average molecular weight is 342 g/mol. The van der Waals surface area contributed by atoms with E-state index in [0.29, 0.717) is 17.1 Å². The van der Waals surface area contributed by atoms with Crippen molar-refractivity contribution in [1.29, 1.82) is 0 Å². The second-order valence-electron chi connectivity index (χ2n) is 5.04. The van der Waals surface area contributed by atoms with Crippen LogP contribution in [0, 0.1) is 0 Å². The predicted octanol–water partition coefficient (Wildman–Crippen LogP) is 3.09. The zero-order chi connectivity index (χ0) is 18.4. The van der Waals surface area contributed by atoms with Crippen molar-refractivity contribution in [1.82, 2.24) is 0 Å². The maximum Gasteiger partial charge on any atom is 0.337 e. The molecule has 130 valence electrons. The Morgan fingerprint density at radius 1 is 0.960 bits per heavy atom. The van der Waals surface area contributed by atoms with Gasteiger partial charge < -0.3 is 19.3 Å². The third-order valence-corrected chi connectivity index (χ3v) is 3.53. The highest BCUT2D eigenvalue weighted by atomic mass is 16.5. The molecule has 0 aliphatic heterocycles. The third kappa shape index (κ3) is 4.17. The summed E-state index contributed by atoms with van der Waals surface area (Å²) in [7, 11) is 4.20. The van der Waals surface area contributed by atoms with Crippen LogP contribution >= 0.6 is 0 Å². The number of carbonyl (C=O) groups excluding carboxylic acids is 2. The molecule has 0 amide bonds. The second-order valence-corrected chi connectivity index (χ2v) is 5.04. The number of hydrogen-bond donors (Lipinski definition) is 1. The number of esters is 1. The summed E-state index contributed by atoms with van der Waals surface area (Å²) in [6, 6.07) is 9.31. The van der Waals surface area contributed by atoms with E-state index in [1.807, 2.05) is 0 Å². The molecule has 0 aliphatic rings. The van der Waals surface area contributed by atoms with E-state index in [9.17, 15) is 14.7 Å². The quantitative estimate of drug-likeness (QED) is 0.493. The maximum atomic E-state index is 12.3. The SMILES string of the molecule is COC(=O)c1ccc(/C=C/C(=O)c2cc(OC)c(OC)cc2O)cc1. The number of aromatic hydroxyl groups is 1. The van der Waals surface area contributed by atoms with E-state index in [4.69, 9.17) is 9.47 Å². The number of phenolic OH excluding ortho intramolecular Hbond substituents is 1. The third-order valence-electron chi connectivity index (χ3n) is 3.53.